The average molecular weight is 363 g/mol. The van der Waals surface area contributed by atoms with Crippen LogP contribution in [-0.2, 0) is 19.4 Å². The van der Waals surface area contributed by atoms with Gasteiger partial charge in [0, 0.05) is 37.8 Å². The van der Waals surface area contributed by atoms with Crippen LogP contribution in [0.2, 0.25) is 0 Å². The SMILES string of the molecule is CN1CCC2(CC1)CN(C(=O)CCS(C)(=O)=O)CCN2C.O=CO. The van der Waals surface area contributed by atoms with Crippen molar-refractivity contribution in [1.29, 1.82) is 0 Å². The Morgan fingerprint density at radius 1 is 1.17 bits per heavy atom. The van der Waals surface area contributed by atoms with E-state index in [1.165, 1.54) is 6.26 Å². The van der Waals surface area contributed by atoms with Gasteiger partial charge < -0.3 is 14.9 Å². The van der Waals surface area contributed by atoms with Gasteiger partial charge in [-0.3, -0.25) is 14.5 Å². The Balaban J connectivity index is 0.000000891. The van der Waals surface area contributed by atoms with E-state index < -0.39 is 9.84 Å². The van der Waals surface area contributed by atoms with Gasteiger partial charge in [-0.05, 0) is 40.0 Å². The molecule has 9 heteroatoms. The van der Waals surface area contributed by atoms with E-state index in [0.29, 0.717) is 6.54 Å². The van der Waals surface area contributed by atoms with Crippen molar-refractivity contribution in [2.24, 2.45) is 0 Å². The molecule has 0 bridgehead atoms. The molecule has 0 unspecified atom stereocenters. The molecular weight excluding hydrogens is 334 g/mol. The van der Waals surface area contributed by atoms with Crippen molar-refractivity contribution >= 4 is 22.2 Å². The minimum absolute atomic E-state index is 0.0215. The maximum absolute atomic E-state index is 12.3. The fourth-order valence-corrected chi connectivity index (χ4v) is 3.83. The molecule has 1 spiro atoms. The average Bonchev–Trinajstić information content (AvgIpc) is 2.50. The number of carboxylic acid groups (broad SMARTS) is 1. The number of likely N-dealkylation sites (N-methyl/N-ethyl adjacent to an activating group) is 1. The van der Waals surface area contributed by atoms with Gasteiger partial charge in [-0.1, -0.05) is 0 Å². The summed E-state index contributed by atoms with van der Waals surface area (Å²) in [6, 6.07) is 0. The number of hydrogen-bond donors (Lipinski definition) is 1. The molecule has 0 saturated carbocycles. The van der Waals surface area contributed by atoms with Crippen LogP contribution in [0, 0.1) is 0 Å². The molecule has 0 aromatic carbocycles. The summed E-state index contributed by atoms with van der Waals surface area (Å²) in [6.45, 7) is 4.16. The van der Waals surface area contributed by atoms with Crippen LogP contribution in [-0.4, -0.2) is 105 Å². The molecule has 2 saturated heterocycles. The molecule has 0 aliphatic carbocycles. The van der Waals surface area contributed by atoms with Crippen molar-refractivity contribution in [3.8, 4) is 0 Å². The van der Waals surface area contributed by atoms with Crippen LogP contribution < -0.4 is 0 Å². The minimum atomic E-state index is -3.07. The second-order valence-corrected chi connectivity index (χ2v) is 9.01. The molecule has 0 aromatic rings. The molecule has 1 amide bonds. The second kappa shape index (κ2) is 8.77. The Morgan fingerprint density at radius 2 is 1.71 bits per heavy atom. The van der Waals surface area contributed by atoms with Crippen LogP contribution in [0.4, 0.5) is 0 Å². The highest BCUT2D eigenvalue weighted by Gasteiger charge is 2.42. The van der Waals surface area contributed by atoms with E-state index >= 15 is 0 Å². The van der Waals surface area contributed by atoms with Crippen LogP contribution >= 0.6 is 0 Å². The summed E-state index contributed by atoms with van der Waals surface area (Å²) in [5.74, 6) is -0.0692. The quantitative estimate of drug-likeness (QED) is 0.666. The summed E-state index contributed by atoms with van der Waals surface area (Å²) < 4.78 is 22.4. The molecule has 2 rings (SSSR count). The summed E-state index contributed by atoms with van der Waals surface area (Å²) >= 11 is 0. The molecule has 2 heterocycles. The molecule has 140 valence electrons. The summed E-state index contributed by atoms with van der Waals surface area (Å²) in [6.07, 6.45) is 3.42. The molecule has 2 fully saturated rings. The first-order chi connectivity index (χ1) is 11.1. The topological polar surface area (TPSA) is 98.2 Å². The van der Waals surface area contributed by atoms with Gasteiger partial charge in [0.2, 0.25) is 5.91 Å². The molecule has 2 aliphatic rings. The Bertz CT molecular complexity index is 529. The number of amides is 1. The highest BCUT2D eigenvalue weighted by molar-refractivity contribution is 7.90. The van der Waals surface area contributed by atoms with E-state index in [2.05, 4.69) is 23.9 Å². The summed E-state index contributed by atoms with van der Waals surface area (Å²) in [5, 5.41) is 6.89. The van der Waals surface area contributed by atoms with Crippen LogP contribution in [0.15, 0.2) is 0 Å². The monoisotopic (exact) mass is 363 g/mol. The van der Waals surface area contributed by atoms with E-state index in [0.717, 1.165) is 39.0 Å². The zero-order valence-corrected chi connectivity index (χ0v) is 15.6. The van der Waals surface area contributed by atoms with Gasteiger partial charge in [0.05, 0.1) is 5.75 Å². The molecule has 0 aromatic heterocycles. The van der Waals surface area contributed by atoms with Crippen molar-refractivity contribution in [3.63, 3.8) is 0 Å². The van der Waals surface area contributed by atoms with Gasteiger partial charge in [-0.25, -0.2) is 8.42 Å². The lowest BCUT2D eigenvalue weighted by atomic mass is 9.84. The lowest BCUT2D eigenvalue weighted by Crippen LogP contribution is -2.65. The van der Waals surface area contributed by atoms with Gasteiger partial charge in [0.15, 0.2) is 0 Å². The van der Waals surface area contributed by atoms with Gasteiger partial charge in [0.1, 0.15) is 9.84 Å². The Morgan fingerprint density at radius 3 is 2.21 bits per heavy atom. The fourth-order valence-electron chi connectivity index (χ4n) is 3.28. The molecule has 2 aliphatic heterocycles. The maximum atomic E-state index is 12.3. The number of sulfone groups is 1. The summed E-state index contributed by atoms with van der Waals surface area (Å²) in [7, 11) is 1.20. The van der Waals surface area contributed by atoms with E-state index in [4.69, 9.17) is 9.90 Å². The van der Waals surface area contributed by atoms with E-state index in [1.54, 1.807) is 0 Å². The van der Waals surface area contributed by atoms with Gasteiger partial charge in [-0.2, -0.15) is 0 Å². The molecule has 8 nitrogen and oxygen atoms in total. The minimum Gasteiger partial charge on any atom is -0.483 e. The number of rotatable bonds is 3. The Labute approximate surface area is 144 Å². The van der Waals surface area contributed by atoms with E-state index in [-0.39, 0.29) is 30.1 Å². The summed E-state index contributed by atoms with van der Waals surface area (Å²) in [5.41, 5.74) is 0.0749. The molecule has 24 heavy (non-hydrogen) atoms. The van der Waals surface area contributed by atoms with Gasteiger partial charge >= 0.3 is 0 Å². The van der Waals surface area contributed by atoms with Gasteiger partial charge in [0.25, 0.3) is 6.47 Å². The third kappa shape index (κ3) is 6.03. The van der Waals surface area contributed by atoms with Crippen LogP contribution in [0.25, 0.3) is 0 Å². The van der Waals surface area contributed by atoms with Crippen molar-refractivity contribution in [3.05, 3.63) is 0 Å². The van der Waals surface area contributed by atoms with Crippen molar-refractivity contribution in [2.45, 2.75) is 24.8 Å². The Kier molecular flexibility index (Phi) is 7.62. The first kappa shape index (κ1) is 20.9. The summed E-state index contributed by atoms with van der Waals surface area (Å²) in [4.78, 5) is 27.2. The predicted octanol–water partition coefficient (Wildman–Crippen LogP) is -0.640. The lowest BCUT2D eigenvalue weighted by Gasteiger charge is -2.52. The van der Waals surface area contributed by atoms with E-state index in [9.17, 15) is 13.2 Å². The number of hydrogen-bond acceptors (Lipinski definition) is 6. The lowest BCUT2D eigenvalue weighted by molar-refractivity contribution is -0.137. The number of carbonyl (C=O) groups excluding carboxylic acids is 1. The molecule has 1 N–H and O–H groups in total. The zero-order chi connectivity index (χ0) is 18.4. The van der Waals surface area contributed by atoms with E-state index in [1.807, 2.05) is 4.90 Å². The number of piperidine rings is 1. The molecule has 0 radical (unpaired) electrons. The third-order valence-electron chi connectivity index (χ3n) is 4.96. The smallest absolute Gasteiger partial charge is 0.290 e. The largest absolute Gasteiger partial charge is 0.483 e. The number of carbonyl (C=O) groups is 2. The molecule has 0 atom stereocenters. The van der Waals surface area contributed by atoms with Crippen molar-refractivity contribution in [1.82, 2.24) is 14.7 Å². The molecular formula is C15H29N3O5S. The predicted molar refractivity (Wildman–Crippen MR) is 91.7 cm³/mol. The van der Waals surface area contributed by atoms with Crippen molar-refractivity contribution in [2.75, 3.05) is 58.8 Å². The van der Waals surface area contributed by atoms with Gasteiger partial charge in [-0.15, -0.1) is 0 Å². The highest BCUT2D eigenvalue weighted by Crippen LogP contribution is 2.31. The maximum Gasteiger partial charge on any atom is 0.290 e. The van der Waals surface area contributed by atoms with Crippen LogP contribution in [0.3, 0.4) is 0 Å². The first-order valence-corrected chi connectivity index (χ1v) is 10.1. The Hall–Kier alpha value is -1.19. The fraction of sp³-hybridized carbons (Fsp3) is 0.867. The number of nitrogens with zero attached hydrogens (tertiary/aromatic N) is 3. The normalized spacial score (nSPS) is 21.9. The van der Waals surface area contributed by atoms with Crippen molar-refractivity contribution < 1.29 is 23.1 Å². The first-order valence-electron chi connectivity index (χ1n) is 8.07. The van der Waals surface area contributed by atoms with Crippen LogP contribution in [0.1, 0.15) is 19.3 Å². The standard InChI is InChI=1S/C14H27N3O3S.CH2O2/c1-15-7-5-14(6-8-15)12-17(10-9-16(14)2)13(18)4-11-21(3,19)20;2-1-3/h4-12H2,1-3H3;1H,(H,2,3). The number of likely N-dealkylation sites (tertiary alicyclic amines) is 1. The third-order valence-corrected chi connectivity index (χ3v) is 5.90. The second-order valence-electron chi connectivity index (χ2n) is 6.75. The zero-order valence-electron chi connectivity index (χ0n) is 14.8. The number of piperazine rings is 1. The highest BCUT2D eigenvalue weighted by atomic mass is 32.2. The van der Waals surface area contributed by atoms with Crippen LogP contribution in [0.5, 0.6) is 0 Å².